The standard InChI is InChI=1S/C28H24N2O5S2/c1-19-13-15-21(16-14-19)37(34,35)29-24-11-6-5-10-22(24)23(18-25(31)20-8-3-2-4-9-20)27(30(32)33)28(29)26-12-7-17-36-26/h2-17,23,27-28H,18H2,1H3/t23-,27+,28-/m0/s1. The third-order valence-corrected chi connectivity index (χ3v) is 9.47. The van der Waals surface area contributed by atoms with Gasteiger partial charge in [0.1, 0.15) is 6.04 Å². The highest BCUT2D eigenvalue weighted by Crippen LogP contribution is 2.50. The van der Waals surface area contributed by atoms with Gasteiger partial charge in [0.05, 0.1) is 16.5 Å². The summed E-state index contributed by atoms with van der Waals surface area (Å²) < 4.78 is 29.4. The highest BCUT2D eigenvalue weighted by molar-refractivity contribution is 7.92. The molecule has 0 saturated carbocycles. The number of para-hydroxylation sites is 1. The molecule has 0 aliphatic carbocycles. The molecule has 0 bridgehead atoms. The van der Waals surface area contributed by atoms with E-state index in [4.69, 9.17) is 0 Å². The summed E-state index contributed by atoms with van der Waals surface area (Å²) in [5.74, 6) is -1.05. The molecular formula is C28H24N2O5S2. The molecule has 1 aliphatic rings. The number of hydrogen-bond acceptors (Lipinski definition) is 6. The smallest absolute Gasteiger partial charge is 0.265 e. The van der Waals surface area contributed by atoms with Crippen LogP contribution in [0.4, 0.5) is 5.69 Å². The summed E-state index contributed by atoms with van der Waals surface area (Å²) in [6.07, 6.45) is -0.118. The first-order valence-corrected chi connectivity index (χ1v) is 14.1. The molecule has 0 radical (unpaired) electrons. The lowest BCUT2D eigenvalue weighted by Gasteiger charge is -2.42. The summed E-state index contributed by atoms with van der Waals surface area (Å²) >= 11 is 1.26. The van der Waals surface area contributed by atoms with Crippen LogP contribution in [-0.2, 0) is 10.0 Å². The number of benzene rings is 3. The van der Waals surface area contributed by atoms with E-state index in [0.717, 1.165) is 5.56 Å². The van der Waals surface area contributed by atoms with Gasteiger partial charge in [-0.1, -0.05) is 72.3 Å². The lowest BCUT2D eigenvalue weighted by molar-refractivity contribution is -0.531. The number of carbonyl (C=O) groups is 1. The number of thiophene rings is 1. The summed E-state index contributed by atoms with van der Waals surface area (Å²) in [5, 5.41) is 14.5. The predicted molar refractivity (Wildman–Crippen MR) is 143 cm³/mol. The normalized spacial score (nSPS) is 19.3. The highest BCUT2D eigenvalue weighted by Gasteiger charge is 2.53. The van der Waals surface area contributed by atoms with Crippen molar-refractivity contribution in [1.29, 1.82) is 0 Å². The number of nitro groups is 1. The Morgan fingerprint density at radius 3 is 2.27 bits per heavy atom. The van der Waals surface area contributed by atoms with Gasteiger partial charge < -0.3 is 0 Å². The van der Waals surface area contributed by atoms with Crippen molar-refractivity contribution < 1.29 is 18.1 Å². The lowest BCUT2D eigenvalue weighted by atomic mass is 9.78. The van der Waals surface area contributed by atoms with Crippen LogP contribution in [0, 0.1) is 17.0 Å². The molecule has 0 amide bonds. The Bertz CT molecular complexity index is 1540. The van der Waals surface area contributed by atoms with Crippen LogP contribution in [0.3, 0.4) is 0 Å². The van der Waals surface area contributed by atoms with Gasteiger partial charge in [-0.3, -0.25) is 19.2 Å². The second-order valence-corrected chi connectivity index (χ2v) is 11.8. The molecule has 2 heterocycles. The van der Waals surface area contributed by atoms with Gasteiger partial charge in [0.25, 0.3) is 10.0 Å². The molecule has 0 spiro atoms. The topological polar surface area (TPSA) is 97.6 Å². The minimum Gasteiger partial charge on any atom is -0.294 e. The Morgan fingerprint density at radius 1 is 0.946 bits per heavy atom. The SMILES string of the molecule is Cc1ccc(S(=O)(=O)N2c3ccccc3[C@H](CC(=O)c3ccccc3)[C@@H]([N+](=O)[O-])[C@@H]2c2cccs2)cc1. The molecule has 7 nitrogen and oxygen atoms in total. The van der Waals surface area contributed by atoms with Crippen LogP contribution in [0.15, 0.2) is 101 Å². The number of anilines is 1. The number of hydrogen-bond donors (Lipinski definition) is 0. The Balaban J connectivity index is 1.72. The molecule has 37 heavy (non-hydrogen) atoms. The third-order valence-electron chi connectivity index (χ3n) is 6.72. The van der Waals surface area contributed by atoms with Crippen LogP contribution in [0.25, 0.3) is 0 Å². The van der Waals surface area contributed by atoms with Crippen LogP contribution in [0.1, 0.15) is 44.7 Å². The molecule has 9 heteroatoms. The molecular weight excluding hydrogens is 508 g/mol. The second-order valence-electron chi connectivity index (χ2n) is 9.01. The van der Waals surface area contributed by atoms with E-state index in [-0.39, 0.29) is 17.1 Å². The summed E-state index contributed by atoms with van der Waals surface area (Å²) in [6.45, 7) is 1.86. The second kappa shape index (κ2) is 9.91. The van der Waals surface area contributed by atoms with E-state index in [0.29, 0.717) is 21.7 Å². The summed E-state index contributed by atoms with van der Waals surface area (Å²) in [7, 11) is -4.19. The monoisotopic (exact) mass is 532 g/mol. The molecule has 1 aliphatic heterocycles. The van der Waals surface area contributed by atoms with E-state index in [1.54, 1.807) is 84.2 Å². The quantitative estimate of drug-likeness (QED) is 0.165. The van der Waals surface area contributed by atoms with Gasteiger partial charge in [-0.2, -0.15) is 0 Å². The number of nitrogens with zero attached hydrogens (tertiary/aromatic N) is 2. The van der Waals surface area contributed by atoms with Gasteiger partial charge in [-0.15, -0.1) is 11.3 Å². The fraction of sp³-hybridized carbons (Fsp3) is 0.179. The van der Waals surface area contributed by atoms with Crippen molar-refractivity contribution >= 4 is 32.8 Å². The van der Waals surface area contributed by atoms with Crippen molar-refractivity contribution in [3.8, 4) is 0 Å². The van der Waals surface area contributed by atoms with Crippen LogP contribution in [0.2, 0.25) is 0 Å². The van der Waals surface area contributed by atoms with Crippen molar-refractivity contribution in [2.75, 3.05) is 4.31 Å². The van der Waals surface area contributed by atoms with Gasteiger partial charge in [-0.05, 0) is 42.1 Å². The fourth-order valence-electron chi connectivity index (χ4n) is 4.98. The zero-order valence-corrected chi connectivity index (χ0v) is 21.6. The molecule has 0 saturated heterocycles. The summed E-state index contributed by atoms with van der Waals surface area (Å²) in [5.41, 5.74) is 2.18. The number of rotatable bonds is 7. The molecule has 0 N–H and O–H groups in total. The summed E-state index contributed by atoms with van der Waals surface area (Å²) in [6, 6.07) is 22.9. The van der Waals surface area contributed by atoms with Crippen molar-refractivity contribution in [3.05, 3.63) is 128 Å². The van der Waals surface area contributed by atoms with Gasteiger partial charge in [0, 0.05) is 21.8 Å². The van der Waals surface area contributed by atoms with E-state index in [1.165, 1.54) is 27.8 Å². The maximum Gasteiger partial charge on any atom is 0.265 e. The maximum atomic E-state index is 14.1. The zero-order chi connectivity index (χ0) is 26.2. The van der Waals surface area contributed by atoms with Crippen LogP contribution in [-0.4, -0.2) is 25.2 Å². The zero-order valence-electron chi connectivity index (χ0n) is 19.9. The van der Waals surface area contributed by atoms with E-state index < -0.39 is 32.9 Å². The maximum absolute atomic E-state index is 14.1. The Morgan fingerprint density at radius 2 is 1.62 bits per heavy atom. The highest BCUT2D eigenvalue weighted by atomic mass is 32.2. The van der Waals surface area contributed by atoms with Crippen molar-refractivity contribution in [2.45, 2.75) is 36.2 Å². The van der Waals surface area contributed by atoms with Gasteiger partial charge in [0.15, 0.2) is 5.78 Å². The van der Waals surface area contributed by atoms with Crippen LogP contribution >= 0.6 is 11.3 Å². The van der Waals surface area contributed by atoms with Crippen molar-refractivity contribution in [3.63, 3.8) is 0 Å². The summed E-state index contributed by atoms with van der Waals surface area (Å²) in [4.78, 5) is 26.2. The minimum absolute atomic E-state index is 0.0513. The third kappa shape index (κ3) is 4.56. The van der Waals surface area contributed by atoms with Gasteiger partial charge >= 0.3 is 0 Å². The van der Waals surface area contributed by atoms with E-state index >= 15 is 0 Å². The molecule has 3 aromatic carbocycles. The fourth-order valence-corrected chi connectivity index (χ4v) is 7.57. The van der Waals surface area contributed by atoms with Crippen LogP contribution in [0.5, 0.6) is 0 Å². The number of sulfonamides is 1. The van der Waals surface area contributed by atoms with E-state index in [2.05, 4.69) is 0 Å². The number of ketones is 1. The van der Waals surface area contributed by atoms with E-state index in [9.17, 15) is 23.3 Å². The predicted octanol–water partition coefficient (Wildman–Crippen LogP) is 6.01. The van der Waals surface area contributed by atoms with Crippen molar-refractivity contribution in [2.24, 2.45) is 0 Å². The number of Topliss-reactive ketones (excluding diaryl/α,β-unsaturated/α-hetero) is 1. The molecule has 4 aromatic rings. The first kappa shape index (κ1) is 24.9. The average Bonchev–Trinajstić information content (AvgIpc) is 3.43. The molecule has 3 atom stereocenters. The molecule has 188 valence electrons. The number of carbonyl (C=O) groups excluding carboxylic acids is 1. The number of fused-ring (bicyclic) bond motifs is 1. The van der Waals surface area contributed by atoms with Gasteiger partial charge in [0.2, 0.25) is 6.04 Å². The molecule has 0 unspecified atom stereocenters. The molecule has 1 aromatic heterocycles. The van der Waals surface area contributed by atoms with E-state index in [1.807, 2.05) is 6.92 Å². The first-order valence-electron chi connectivity index (χ1n) is 11.7. The first-order chi connectivity index (χ1) is 17.8. The average molecular weight is 533 g/mol. The Kier molecular flexibility index (Phi) is 6.66. The Hall–Kier alpha value is -3.82. The van der Waals surface area contributed by atoms with Crippen molar-refractivity contribution in [1.82, 2.24) is 0 Å². The van der Waals surface area contributed by atoms with Gasteiger partial charge in [-0.25, -0.2) is 8.42 Å². The largest absolute Gasteiger partial charge is 0.294 e. The van der Waals surface area contributed by atoms with Crippen LogP contribution < -0.4 is 4.31 Å². The lowest BCUT2D eigenvalue weighted by Crippen LogP contribution is -2.50. The minimum atomic E-state index is -4.19. The number of aryl methyl sites for hydroxylation is 1. The molecule has 5 rings (SSSR count). The Labute approximate surface area is 219 Å². The molecule has 0 fully saturated rings.